The molecular formula is C19H30FIN6. The average molecular weight is 488 g/mol. The Hall–Kier alpha value is -1.13. The maximum Gasteiger partial charge on any atom is 0.193 e. The zero-order valence-electron chi connectivity index (χ0n) is 16.0. The van der Waals surface area contributed by atoms with Gasteiger partial charge in [-0.2, -0.15) is 0 Å². The Morgan fingerprint density at radius 2 is 1.78 bits per heavy atom. The van der Waals surface area contributed by atoms with Crippen molar-refractivity contribution in [2.45, 2.75) is 6.04 Å². The van der Waals surface area contributed by atoms with E-state index in [2.05, 4.69) is 29.9 Å². The van der Waals surface area contributed by atoms with Crippen LogP contribution in [0.15, 0.2) is 29.3 Å². The molecule has 1 aromatic carbocycles. The van der Waals surface area contributed by atoms with E-state index in [-0.39, 0.29) is 29.8 Å². The van der Waals surface area contributed by atoms with Crippen LogP contribution in [0.4, 0.5) is 10.1 Å². The summed E-state index contributed by atoms with van der Waals surface area (Å²) in [7, 11) is 1.85. The summed E-state index contributed by atoms with van der Waals surface area (Å²) >= 11 is 0. The predicted octanol–water partition coefficient (Wildman–Crippen LogP) is 1.14. The fourth-order valence-corrected chi connectivity index (χ4v) is 4.33. The fourth-order valence-electron chi connectivity index (χ4n) is 4.33. The van der Waals surface area contributed by atoms with Crippen molar-refractivity contribution >= 4 is 35.6 Å². The summed E-state index contributed by atoms with van der Waals surface area (Å²) in [6, 6.07) is 7.61. The van der Waals surface area contributed by atoms with E-state index in [1.165, 1.54) is 32.2 Å². The standard InChI is InChI=1S/C19H29FN6.HI/c1-21-19(22-14-16-15-23-6-8-24(16)9-7-23)26-12-10-25(11-13-26)18-5-3-2-4-17(18)20;/h2-5,16H,6-15H2,1H3,(H,21,22);1H. The molecule has 2 bridgehead atoms. The van der Waals surface area contributed by atoms with E-state index in [1.807, 2.05) is 19.2 Å². The summed E-state index contributed by atoms with van der Waals surface area (Å²) in [5, 5.41) is 3.57. The van der Waals surface area contributed by atoms with E-state index in [9.17, 15) is 4.39 Å². The summed E-state index contributed by atoms with van der Waals surface area (Å²) in [6.45, 7) is 10.2. The third kappa shape index (κ3) is 4.65. The molecule has 0 aliphatic carbocycles. The molecule has 150 valence electrons. The van der Waals surface area contributed by atoms with E-state index < -0.39 is 0 Å². The SMILES string of the molecule is CN=C(NCC1CN2CCN1CC2)N1CCN(c2ccccc2F)CC1.I. The molecule has 4 heterocycles. The van der Waals surface area contributed by atoms with Crippen molar-refractivity contribution in [3.8, 4) is 0 Å². The zero-order valence-corrected chi connectivity index (χ0v) is 18.3. The number of guanidine groups is 1. The lowest BCUT2D eigenvalue weighted by atomic mass is 10.1. The monoisotopic (exact) mass is 488 g/mol. The second kappa shape index (κ2) is 9.38. The molecule has 1 aromatic rings. The zero-order chi connectivity index (χ0) is 17.9. The van der Waals surface area contributed by atoms with Crippen LogP contribution in [0.2, 0.25) is 0 Å². The summed E-state index contributed by atoms with van der Waals surface area (Å²) in [4.78, 5) is 14.0. The topological polar surface area (TPSA) is 37.4 Å². The molecule has 1 N–H and O–H groups in total. The molecule has 1 unspecified atom stereocenters. The van der Waals surface area contributed by atoms with Crippen molar-refractivity contribution in [1.82, 2.24) is 20.0 Å². The maximum absolute atomic E-state index is 14.0. The summed E-state index contributed by atoms with van der Waals surface area (Å²) in [5.41, 5.74) is 0.704. The first-order valence-electron chi connectivity index (χ1n) is 9.66. The Balaban J connectivity index is 0.00000210. The molecular weight excluding hydrogens is 458 g/mol. The lowest BCUT2D eigenvalue weighted by molar-refractivity contribution is 0.0152. The number of anilines is 1. The van der Waals surface area contributed by atoms with E-state index in [1.54, 1.807) is 6.07 Å². The highest BCUT2D eigenvalue weighted by Crippen LogP contribution is 2.20. The molecule has 0 spiro atoms. The van der Waals surface area contributed by atoms with Crippen LogP contribution in [0.5, 0.6) is 0 Å². The van der Waals surface area contributed by atoms with Crippen molar-refractivity contribution in [3.63, 3.8) is 0 Å². The Morgan fingerprint density at radius 3 is 2.37 bits per heavy atom. The van der Waals surface area contributed by atoms with Crippen LogP contribution < -0.4 is 10.2 Å². The molecule has 4 aliphatic rings. The van der Waals surface area contributed by atoms with Crippen molar-refractivity contribution in [2.24, 2.45) is 4.99 Å². The van der Waals surface area contributed by atoms with Gasteiger partial charge in [-0.1, -0.05) is 12.1 Å². The smallest absolute Gasteiger partial charge is 0.193 e. The van der Waals surface area contributed by atoms with Gasteiger partial charge in [0.1, 0.15) is 5.82 Å². The molecule has 5 rings (SSSR count). The first-order valence-corrected chi connectivity index (χ1v) is 9.66. The third-order valence-electron chi connectivity index (χ3n) is 5.87. The van der Waals surface area contributed by atoms with Gasteiger partial charge in [0, 0.05) is 78.5 Å². The van der Waals surface area contributed by atoms with Gasteiger partial charge in [0.2, 0.25) is 0 Å². The second-order valence-electron chi connectivity index (χ2n) is 7.34. The molecule has 6 nitrogen and oxygen atoms in total. The summed E-state index contributed by atoms with van der Waals surface area (Å²) in [6.07, 6.45) is 0. The molecule has 0 radical (unpaired) electrons. The van der Waals surface area contributed by atoms with Gasteiger partial charge in [-0.15, -0.1) is 24.0 Å². The first-order chi connectivity index (χ1) is 12.7. The highest BCUT2D eigenvalue weighted by atomic mass is 127. The fraction of sp³-hybridized carbons (Fsp3) is 0.632. The number of nitrogens with zero attached hydrogens (tertiary/aromatic N) is 5. The van der Waals surface area contributed by atoms with Gasteiger partial charge in [-0.25, -0.2) is 4.39 Å². The van der Waals surface area contributed by atoms with E-state index >= 15 is 0 Å². The number of para-hydroxylation sites is 1. The Labute approximate surface area is 178 Å². The van der Waals surface area contributed by atoms with Crippen LogP contribution in [-0.2, 0) is 0 Å². The number of benzene rings is 1. The van der Waals surface area contributed by atoms with Gasteiger partial charge in [0.15, 0.2) is 5.96 Å². The number of hydrogen-bond acceptors (Lipinski definition) is 4. The minimum absolute atomic E-state index is 0. The molecule has 0 aromatic heterocycles. The second-order valence-corrected chi connectivity index (χ2v) is 7.34. The number of halogens is 2. The normalized spacial score (nSPS) is 28.1. The van der Waals surface area contributed by atoms with Crippen LogP contribution in [0.3, 0.4) is 0 Å². The summed E-state index contributed by atoms with van der Waals surface area (Å²) in [5.74, 6) is 0.829. The van der Waals surface area contributed by atoms with Gasteiger partial charge in [0.25, 0.3) is 0 Å². The number of fused-ring (bicyclic) bond motifs is 3. The average Bonchev–Trinajstić information content (AvgIpc) is 2.70. The third-order valence-corrected chi connectivity index (χ3v) is 5.87. The maximum atomic E-state index is 14.0. The van der Waals surface area contributed by atoms with E-state index in [0.717, 1.165) is 45.2 Å². The van der Waals surface area contributed by atoms with Crippen LogP contribution >= 0.6 is 24.0 Å². The molecule has 4 aliphatic heterocycles. The van der Waals surface area contributed by atoms with E-state index in [0.29, 0.717) is 11.7 Å². The van der Waals surface area contributed by atoms with Crippen molar-refractivity contribution < 1.29 is 4.39 Å². The minimum atomic E-state index is -0.139. The lowest BCUT2D eigenvalue weighted by Gasteiger charge is -2.48. The molecule has 0 saturated carbocycles. The lowest BCUT2D eigenvalue weighted by Crippen LogP contribution is -2.64. The Bertz CT molecular complexity index is 641. The quantitative estimate of drug-likeness (QED) is 0.393. The van der Waals surface area contributed by atoms with Crippen LogP contribution in [-0.4, -0.2) is 99.2 Å². The van der Waals surface area contributed by atoms with Gasteiger partial charge >= 0.3 is 0 Å². The molecule has 4 fully saturated rings. The van der Waals surface area contributed by atoms with Gasteiger partial charge in [0.05, 0.1) is 5.69 Å². The molecule has 8 heteroatoms. The minimum Gasteiger partial charge on any atom is -0.366 e. The van der Waals surface area contributed by atoms with Crippen molar-refractivity contribution in [3.05, 3.63) is 30.1 Å². The van der Waals surface area contributed by atoms with Crippen LogP contribution in [0.1, 0.15) is 0 Å². The molecule has 1 atom stereocenters. The van der Waals surface area contributed by atoms with E-state index in [4.69, 9.17) is 0 Å². The highest BCUT2D eigenvalue weighted by molar-refractivity contribution is 14.0. The first kappa shape index (κ1) is 20.6. The predicted molar refractivity (Wildman–Crippen MR) is 119 cm³/mol. The number of aliphatic imine (C=N–C) groups is 1. The number of piperazine rings is 4. The van der Waals surface area contributed by atoms with Crippen molar-refractivity contribution in [1.29, 1.82) is 0 Å². The van der Waals surface area contributed by atoms with Gasteiger partial charge in [-0.3, -0.25) is 14.8 Å². The number of nitrogens with one attached hydrogen (secondary N) is 1. The molecule has 4 saturated heterocycles. The van der Waals surface area contributed by atoms with Crippen LogP contribution in [0, 0.1) is 5.82 Å². The Morgan fingerprint density at radius 1 is 1.07 bits per heavy atom. The van der Waals surface area contributed by atoms with Gasteiger partial charge in [-0.05, 0) is 12.1 Å². The van der Waals surface area contributed by atoms with Gasteiger partial charge < -0.3 is 15.1 Å². The number of hydrogen-bond donors (Lipinski definition) is 1. The van der Waals surface area contributed by atoms with Crippen LogP contribution in [0.25, 0.3) is 0 Å². The molecule has 27 heavy (non-hydrogen) atoms. The largest absolute Gasteiger partial charge is 0.366 e. The number of rotatable bonds is 3. The highest BCUT2D eigenvalue weighted by Gasteiger charge is 2.32. The summed E-state index contributed by atoms with van der Waals surface area (Å²) < 4.78 is 14.0. The Kier molecular flexibility index (Phi) is 7.16. The molecule has 0 amide bonds. The van der Waals surface area contributed by atoms with Crippen molar-refractivity contribution in [2.75, 3.05) is 77.4 Å².